The Bertz CT molecular complexity index is 820. The van der Waals surface area contributed by atoms with Gasteiger partial charge in [-0.15, -0.1) is 0 Å². The summed E-state index contributed by atoms with van der Waals surface area (Å²) in [6.45, 7) is 0. The smallest absolute Gasteiger partial charge is 0.256 e. The summed E-state index contributed by atoms with van der Waals surface area (Å²) in [5.41, 5.74) is 3.11. The lowest BCUT2D eigenvalue weighted by Gasteiger charge is -2.13. The van der Waals surface area contributed by atoms with Gasteiger partial charge in [0.15, 0.2) is 11.5 Å². The molecule has 1 N–H and O–H groups in total. The van der Waals surface area contributed by atoms with E-state index in [1.54, 1.807) is 21.3 Å². The van der Waals surface area contributed by atoms with Gasteiger partial charge in [-0.2, -0.15) is 0 Å². The normalized spacial score (nSPS) is 14.3. The van der Waals surface area contributed by atoms with Crippen molar-refractivity contribution in [3.63, 3.8) is 0 Å². The topological polar surface area (TPSA) is 56.8 Å². The van der Waals surface area contributed by atoms with Crippen molar-refractivity contribution in [3.8, 4) is 17.2 Å². The van der Waals surface area contributed by atoms with Gasteiger partial charge in [0.05, 0.1) is 21.3 Å². The van der Waals surface area contributed by atoms with Crippen LogP contribution in [-0.2, 0) is 4.79 Å². The van der Waals surface area contributed by atoms with Gasteiger partial charge in [-0.3, -0.25) is 4.79 Å². The molecule has 0 spiro atoms. The number of carbonyl (C=O) groups excluding carboxylic acids is 1. The van der Waals surface area contributed by atoms with Crippen molar-refractivity contribution in [3.05, 3.63) is 45.0 Å². The molecular formula is C18H16INO4. The number of nitrogens with one attached hydrogen (secondary N) is 1. The zero-order valence-electron chi connectivity index (χ0n) is 13.5. The monoisotopic (exact) mass is 437 g/mol. The van der Waals surface area contributed by atoms with Crippen LogP contribution in [0.3, 0.4) is 0 Å². The summed E-state index contributed by atoms with van der Waals surface area (Å²) < 4.78 is 17.1. The Balaban J connectivity index is 2.13. The molecule has 124 valence electrons. The summed E-state index contributed by atoms with van der Waals surface area (Å²) >= 11 is 2.23. The summed E-state index contributed by atoms with van der Waals surface area (Å²) in [4.78, 5) is 12.3. The van der Waals surface area contributed by atoms with Crippen LogP contribution in [0.25, 0.3) is 11.6 Å². The van der Waals surface area contributed by atoms with E-state index in [0.717, 1.165) is 20.4 Å². The molecule has 3 rings (SSSR count). The molecule has 1 aliphatic heterocycles. The Hall–Kier alpha value is -2.22. The van der Waals surface area contributed by atoms with Gasteiger partial charge in [-0.1, -0.05) is 0 Å². The zero-order valence-corrected chi connectivity index (χ0v) is 15.6. The van der Waals surface area contributed by atoms with E-state index in [4.69, 9.17) is 14.2 Å². The van der Waals surface area contributed by atoms with E-state index in [2.05, 4.69) is 27.9 Å². The van der Waals surface area contributed by atoms with Crippen molar-refractivity contribution in [2.75, 3.05) is 26.6 Å². The molecular weight excluding hydrogens is 421 g/mol. The molecule has 0 saturated carbocycles. The Morgan fingerprint density at radius 3 is 2.25 bits per heavy atom. The highest BCUT2D eigenvalue weighted by molar-refractivity contribution is 14.1. The highest BCUT2D eigenvalue weighted by atomic mass is 127. The minimum absolute atomic E-state index is 0.124. The molecule has 0 radical (unpaired) electrons. The van der Waals surface area contributed by atoms with Gasteiger partial charge >= 0.3 is 0 Å². The van der Waals surface area contributed by atoms with Crippen LogP contribution in [0.2, 0.25) is 0 Å². The zero-order chi connectivity index (χ0) is 17.3. The number of benzene rings is 2. The number of ether oxygens (including phenoxy) is 3. The Kier molecular flexibility index (Phi) is 4.66. The largest absolute Gasteiger partial charge is 0.493 e. The van der Waals surface area contributed by atoms with Gasteiger partial charge in [0.1, 0.15) is 0 Å². The molecule has 5 nitrogen and oxygen atoms in total. The van der Waals surface area contributed by atoms with E-state index in [1.807, 2.05) is 36.4 Å². The van der Waals surface area contributed by atoms with Crippen molar-refractivity contribution in [1.29, 1.82) is 0 Å². The first-order valence-corrected chi connectivity index (χ1v) is 8.28. The highest BCUT2D eigenvalue weighted by Gasteiger charge is 2.24. The fourth-order valence-electron chi connectivity index (χ4n) is 2.65. The second kappa shape index (κ2) is 6.72. The first-order chi connectivity index (χ1) is 11.6. The van der Waals surface area contributed by atoms with Crippen LogP contribution < -0.4 is 19.5 Å². The van der Waals surface area contributed by atoms with Gasteiger partial charge in [-0.25, -0.2) is 0 Å². The molecule has 24 heavy (non-hydrogen) atoms. The van der Waals surface area contributed by atoms with Crippen LogP contribution in [0.4, 0.5) is 5.69 Å². The van der Waals surface area contributed by atoms with Crippen molar-refractivity contribution < 1.29 is 19.0 Å². The number of hydrogen-bond acceptors (Lipinski definition) is 4. The van der Waals surface area contributed by atoms with Crippen molar-refractivity contribution >= 4 is 45.8 Å². The number of anilines is 1. The summed E-state index contributed by atoms with van der Waals surface area (Å²) in [7, 11) is 4.68. The van der Waals surface area contributed by atoms with Gasteiger partial charge in [-0.05, 0) is 64.6 Å². The number of fused-ring (bicyclic) bond motifs is 1. The third-order valence-electron chi connectivity index (χ3n) is 3.76. The summed E-state index contributed by atoms with van der Waals surface area (Å²) in [6.07, 6.45) is 1.82. The predicted molar refractivity (Wildman–Crippen MR) is 102 cm³/mol. The second-order valence-corrected chi connectivity index (χ2v) is 6.41. The van der Waals surface area contributed by atoms with E-state index in [9.17, 15) is 4.79 Å². The molecule has 0 saturated heterocycles. The molecule has 1 amide bonds. The van der Waals surface area contributed by atoms with Gasteiger partial charge in [0, 0.05) is 20.4 Å². The highest BCUT2D eigenvalue weighted by Crippen LogP contribution is 2.40. The quantitative estimate of drug-likeness (QED) is 0.584. The van der Waals surface area contributed by atoms with Crippen LogP contribution >= 0.6 is 22.6 Å². The van der Waals surface area contributed by atoms with E-state index < -0.39 is 0 Å². The van der Waals surface area contributed by atoms with Gasteiger partial charge in [0.25, 0.3) is 5.91 Å². The van der Waals surface area contributed by atoms with Crippen LogP contribution in [0.5, 0.6) is 17.2 Å². The number of amides is 1. The Morgan fingerprint density at radius 1 is 1.00 bits per heavy atom. The standard InChI is InChI=1S/C18H16INO4/c1-22-15-7-10(8-16(23-2)17(15)24-3)6-13-12-9-11(19)4-5-14(12)20-18(13)21/h4-9H,1-3H3,(H,20,21). The van der Waals surface area contributed by atoms with Crippen molar-refractivity contribution in [2.45, 2.75) is 0 Å². The molecule has 6 heteroatoms. The van der Waals surface area contributed by atoms with Crippen molar-refractivity contribution in [2.24, 2.45) is 0 Å². The summed E-state index contributed by atoms with van der Waals surface area (Å²) in [6, 6.07) is 9.48. The summed E-state index contributed by atoms with van der Waals surface area (Å²) in [5, 5.41) is 2.88. The maximum Gasteiger partial charge on any atom is 0.256 e. The van der Waals surface area contributed by atoms with Crippen LogP contribution in [0.1, 0.15) is 11.1 Å². The molecule has 2 aromatic carbocycles. The van der Waals surface area contributed by atoms with Gasteiger partial charge in [0.2, 0.25) is 5.75 Å². The number of rotatable bonds is 4. The van der Waals surface area contributed by atoms with E-state index in [1.165, 1.54) is 0 Å². The molecule has 0 aliphatic carbocycles. The number of carbonyl (C=O) groups is 1. The molecule has 0 atom stereocenters. The van der Waals surface area contributed by atoms with E-state index >= 15 is 0 Å². The third-order valence-corrected chi connectivity index (χ3v) is 4.43. The average molecular weight is 437 g/mol. The second-order valence-electron chi connectivity index (χ2n) is 5.16. The maximum absolute atomic E-state index is 12.3. The first-order valence-electron chi connectivity index (χ1n) is 7.20. The minimum atomic E-state index is -0.124. The molecule has 1 aliphatic rings. The molecule has 0 bridgehead atoms. The average Bonchev–Trinajstić information content (AvgIpc) is 2.89. The number of methoxy groups -OCH3 is 3. The Morgan fingerprint density at radius 2 is 1.67 bits per heavy atom. The van der Waals surface area contributed by atoms with Crippen LogP contribution in [0, 0.1) is 3.57 Å². The number of hydrogen-bond donors (Lipinski definition) is 1. The van der Waals surface area contributed by atoms with Crippen LogP contribution in [0.15, 0.2) is 30.3 Å². The van der Waals surface area contributed by atoms with Crippen molar-refractivity contribution in [1.82, 2.24) is 0 Å². The molecule has 2 aromatic rings. The first kappa shape index (κ1) is 16.6. The lowest BCUT2D eigenvalue weighted by atomic mass is 10.0. The third kappa shape index (κ3) is 2.93. The summed E-state index contributed by atoms with van der Waals surface area (Å²) in [5.74, 6) is 1.49. The Labute approximate surface area is 153 Å². The molecule has 0 unspecified atom stereocenters. The van der Waals surface area contributed by atoms with E-state index in [-0.39, 0.29) is 5.91 Å². The predicted octanol–water partition coefficient (Wildman–Crippen LogP) is 3.81. The van der Waals surface area contributed by atoms with Crippen LogP contribution in [-0.4, -0.2) is 27.2 Å². The minimum Gasteiger partial charge on any atom is -0.493 e. The number of halogens is 1. The maximum atomic E-state index is 12.3. The van der Waals surface area contributed by atoms with Gasteiger partial charge < -0.3 is 19.5 Å². The molecule has 1 heterocycles. The SMILES string of the molecule is COc1cc(C=C2C(=O)Nc3ccc(I)cc32)cc(OC)c1OC. The van der Waals surface area contributed by atoms with E-state index in [0.29, 0.717) is 22.8 Å². The fraction of sp³-hybridized carbons (Fsp3) is 0.167. The molecule has 0 aromatic heterocycles. The lowest BCUT2D eigenvalue weighted by Crippen LogP contribution is -2.03. The fourth-order valence-corrected chi connectivity index (χ4v) is 3.15. The molecule has 0 fully saturated rings. The lowest BCUT2D eigenvalue weighted by molar-refractivity contribution is -0.110.